The summed E-state index contributed by atoms with van der Waals surface area (Å²) in [4.78, 5) is 2.40. The summed E-state index contributed by atoms with van der Waals surface area (Å²) in [5.41, 5.74) is 7.69. The zero-order chi connectivity index (χ0) is 12.3. The van der Waals surface area contributed by atoms with Crippen LogP contribution >= 0.6 is 0 Å². The number of aryl methyl sites for hydroxylation is 1. The number of nitrogens with two attached hydrogens (primary N) is 1. The van der Waals surface area contributed by atoms with E-state index in [1.807, 2.05) is 0 Å². The van der Waals surface area contributed by atoms with Crippen molar-refractivity contribution in [2.75, 3.05) is 19.6 Å². The molecule has 0 unspecified atom stereocenters. The topological polar surface area (TPSA) is 49.5 Å². The average Bonchev–Trinajstić information content (AvgIpc) is 2.35. The third-order valence-electron chi connectivity index (χ3n) is 3.82. The number of nitrogens with zero attached hydrogens (tertiary/aromatic N) is 1. The Hall–Kier alpha value is -0.900. The Bertz CT molecular complexity index is 370. The molecule has 1 aliphatic heterocycles. The molecule has 3 nitrogen and oxygen atoms in total. The van der Waals surface area contributed by atoms with E-state index in [0.717, 1.165) is 32.5 Å². The molecular formula is C14H22N2O. The van der Waals surface area contributed by atoms with Gasteiger partial charge < -0.3 is 10.8 Å². The highest BCUT2D eigenvalue weighted by molar-refractivity contribution is 5.25. The molecule has 0 spiro atoms. The molecule has 1 aromatic carbocycles. The van der Waals surface area contributed by atoms with Crippen LogP contribution in [0.25, 0.3) is 0 Å². The summed E-state index contributed by atoms with van der Waals surface area (Å²) in [5, 5.41) is 10.1. The van der Waals surface area contributed by atoms with Crippen molar-refractivity contribution in [1.29, 1.82) is 0 Å². The SMILES string of the molecule is Cc1ccccc1CN1CCC(O)(CN)CC1. The molecular weight excluding hydrogens is 212 g/mol. The fourth-order valence-corrected chi connectivity index (χ4v) is 2.36. The molecule has 0 aromatic heterocycles. The van der Waals surface area contributed by atoms with Gasteiger partial charge in [0.1, 0.15) is 0 Å². The summed E-state index contributed by atoms with van der Waals surface area (Å²) in [6.07, 6.45) is 1.57. The molecule has 17 heavy (non-hydrogen) atoms. The molecule has 3 N–H and O–H groups in total. The van der Waals surface area contributed by atoms with Gasteiger partial charge in [-0.1, -0.05) is 24.3 Å². The molecule has 1 heterocycles. The van der Waals surface area contributed by atoms with Gasteiger partial charge in [0.05, 0.1) is 5.60 Å². The first kappa shape index (κ1) is 12.6. The van der Waals surface area contributed by atoms with Crippen LogP contribution in [0.15, 0.2) is 24.3 Å². The molecule has 1 aliphatic rings. The number of hydrogen-bond acceptors (Lipinski definition) is 3. The van der Waals surface area contributed by atoms with Gasteiger partial charge in [0, 0.05) is 26.2 Å². The van der Waals surface area contributed by atoms with Crippen molar-refractivity contribution in [3.63, 3.8) is 0 Å². The van der Waals surface area contributed by atoms with Crippen LogP contribution in [0.2, 0.25) is 0 Å². The van der Waals surface area contributed by atoms with E-state index in [-0.39, 0.29) is 0 Å². The second-order valence-electron chi connectivity index (χ2n) is 5.13. The van der Waals surface area contributed by atoms with Crippen LogP contribution in [0.4, 0.5) is 0 Å². The summed E-state index contributed by atoms with van der Waals surface area (Å²) >= 11 is 0. The van der Waals surface area contributed by atoms with Crippen molar-refractivity contribution in [1.82, 2.24) is 4.90 Å². The first-order valence-corrected chi connectivity index (χ1v) is 6.32. The van der Waals surface area contributed by atoms with Crippen LogP contribution in [0.1, 0.15) is 24.0 Å². The van der Waals surface area contributed by atoms with E-state index in [1.165, 1.54) is 11.1 Å². The summed E-state index contributed by atoms with van der Waals surface area (Å²) in [6.45, 7) is 5.37. The molecule has 0 atom stereocenters. The van der Waals surface area contributed by atoms with E-state index in [4.69, 9.17) is 5.73 Å². The van der Waals surface area contributed by atoms with Gasteiger partial charge in [-0.3, -0.25) is 4.90 Å². The molecule has 1 saturated heterocycles. The lowest BCUT2D eigenvalue weighted by atomic mass is 9.91. The van der Waals surface area contributed by atoms with E-state index in [9.17, 15) is 5.11 Å². The fraction of sp³-hybridized carbons (Fsp3) is 0.571. The molecule has 0 bridgehead atoms. The maximum absolute atomic E-state index is 10.1. The molecule has 0 amide bonds. The Labute approximate surface area is 103 Å². The van der Waals surface area contributed by atoms with Gasteiger partial charge in [-0.15, -0.1) is 0 Å². The summed E-state index contributed by atoms with van der Waals surface area (Å²) in [5.74, 6) is 0. The van der Waals surface area contributed by atoms with Crippen LogP contribution in [0.5, 0.6) is 0 Å². The third-order valence-corrected chi connectivity index (χ3v) is 3.82. The number of rotatable bonds is 3. The van der Waals surface area contributed by atoms with Gasteiger partial charge in [-0.25, -0.2) is 0 Å². The number of aliphatic hydroxyl groups is 1. The van der Waals surface area contributed by atoms with Crippen molar-refractivity contribution in [3.8, 4) is 0 Å². The van der Waals surface area contributed by atoms with E-state index >= 15 is 0 Å². The number of piperidine rings is 1. The molecule has 0 saturated carbocycles. The molecule has 0 radical (unpaired) electrons. The largest absolute Gasteiger partial charge is 0.388 e. The van der Waals surface area contributed by atoms with E-state index in [1.54, 1.807) is 0 Å². The summed E-state index contributed by atoms with van der Waals surface area (Å²) < 4.78 is 0. The van der Waals surface area contributed by atoms with Gasteiger partial charge in [0.25, 0.3) is 0 Å². The predicted molar refractivity (Wildman–Crippen MR) is 69.7 cm³/mol. The van der Waals surface area contributed by atoms with Gasteiger partial charge in [0.2, 0.25) is 0 Å². The van der Waals surface area contributed by atoms with E-state index in [2.05, 4.69) is 36.1 Å². The van der Waals surface area contributed by atoms with Gasteiger partial charge >= 0.3 is 0 Å². The zero-order valence-corrected chi connectivity index (χ0v) is 10.5. The van der Waals surface area contributed by atoms with E-state index < -0.39 is 5.60 Å². The van der Waals surface area contributed by atoms with Crippen LogP contribution in [0, 0.1) is 6.92 Å². The number of hydrogen-bond donors (Lipinski definition) is 2. The minimum Gasteiger partial charge on any atom is -0.388 e. The fourth-order valence-electron chi connectivity index (χ4n) is 2.36. The number of benzene rings is 1. The molecule has 2 rings (SSSR count). The van der Waals surface area contributed by atoms with Gasteiger partial charge in [-0.2, -0.15) is 0 Å². The average molecular weight is 234 g/mol. The van der Waals surface area contributed by atoms with Crippen molar-refractivity contribution >= 4 is 0 Å². The maximum Gasteiger partial charge on any atom is 0.0793 e. The zero-order valence-electron chi connectivity index (χ0n) is 10.5. The highest BCUT2D eigenvalue weighted by Gasteiger charge is 2.30. The van der Waals surface area contributed by atoms with Crippen LogP contribution in [0.3, 0.4) is 0 Å². The smallest absolute Gasteiger partial charge is 0.0793 e. The molecule has 0 aliphatic carbocycles. The minimum atomic E-state index is -0.623. The van der Waals surface area contributed by atoms with Crippen LogP contribution < -0.4 is 5.73 Å². The first-order valence-electron chi connectivity index (χ1n) is 6.32. The molecule has 1 fully saturated rings. The first-order chi connectivity index (χ1) is 8.13. The summed E-state index contributed by atoms with van der Waals surface area (Å²) in [7, 11) is 0. The second-order valence-corrected chi connectivity index (χ2v) is 5.13. The lowest BCUT2D eigenvalue weighted by Crippen LogP contribution is -2.48. The highest BCUT2D eigenvalue weighted by Crippen LogP contribution is 2.22. The Morgan fingerprint density at radius 2 is 1.94 bits per heavy atom. The van der Waals surface area contributed by atoms with E-state index in [0.29, 0.717) is 6.54 Å². The summed E-state index contributed by atoms with van der Waals surface area (Å²) in [6, 6.07) is 8.49. The molecule has 94 valence electrons. The van der Waals surface area contributed by atoms with Crippen molar-refractivity contribution in [2.24, 2.45) is 5.73 Å². The van der Waals surface area contributed by atoms with Crippen LogP contribution in [-0.4, -0.2) is 35.2 Å². The van der Waals surface area contributed by atoms with Crippen molar-refractivity contribution < 1.29 is 5.11 Å². The Kier molecular flexibility index (Phi) is 3.82. The molecule has 1 aromatic rings. The number of likely N-dealkylation sites (tertiary alicyclic amines) is 1. The Balaban J connectivity index is 1.93. The monoisotopic (exact) mass is 234 g/mol. The highest BCUT2D eigenvalue weighted by atomic mass is 16.3. The lowest BCUT2D eigenvalue weighted by molar-refractivity contribution is -0.0153. The second kappa shape index (κ2) is 5.17. The Morgan fingerprint density at radius 1 is 1.29 bits per heavy atom. The van der Waals surface area contributed by atoms with Crippen LogP contribution in [-0.2, 0) is 6.54 Å². The van der Waals surface area contributed by atoms with Crippen molar-refractivity contribution in [3.05, 3.63) is 35.4 Å². The van der Waals surface area contributed by atoms with Crippen molar-refractivity contribution in [2.45, 2.75) is 31.9 Å². The maximum atomic E-state index is 10.1. The minimum absolute atomic E-state index is 0.380. The van der Waals surface area contributed by atoms with Gasteiger partial charge in [0.15, 0.2) is 0 Å². The third kappa shape index (κ3) is 3.06. The predicted octanol–water partition coefficient (Wildman–Crippen LogP) is 1.28. The van der Waals surface area contributed by atoms with Gasteiger partial charge in [-0.05, 0) is 30.9 Å². The normalized spacial score (nSPS) is 20.4. The lowest BCUT2D eigenvalue weighted by Gasteiger charge is -2.37. The standard InChI is InChI=1S/C14H22N2O/c1-12-4-2-3-5-13(12)10-16-8-6-14(17,11-15)7-9-16/h2-5,17H,6-11,15H2,1H3. The molecule has 3 heteroatoms. The quantitative estimate of drug-likeness (QED) is 0.828. The Morgan fingerprint density at radius 3 is 2.53 bits per heavy atom.